The predicted molar refractivity (Wildman–Crippen MR) is 92.1 cm³/mol. The Balaban J connectivity index is 1.78. The molecule has 0 saturated heterocycles. The van der Waals surface area contributed by atoms with Crippen molar-refractivity contribution in [3.63, 3.8) is 0 Å². The van der Waals surface area contributed by atoms with Crippen LogP contribution in [-0.4, -0.2) is 0 Å². The van der Waals surface area contributed by atoms with E-state index in [-0.39, 0.29) is 0 Å². The highest BCUT2D eigenvalue weighted by Crippen LogP contribution is 2.45. The largest absolute Gasteiger partial charge is 0.0620 e. The lowest BCUT2D eigenvalue weighted by atomic mass is 9.76. The summed E-state index contributed by atoms with van der Waals surface area (Å²) in [7, 11) is 0. The molecule has 2 radical (unpaired) electrons. The Kier molecular flexibility index (Phi) is 4.01. The van der Waals surface area contributed by atoms with Gasteiger partial charge in [0, 0.05) is 0 Å². The summed E-state index contributed by atoms with van der Waals surface area (Å²) in [6, 6.07) is 18.3. The van der Waals surface area contributed by atoms with Gasteiger partial charge in [0.1, 0.15) is 0 Å². The van der Waals surface area contributed by atoms with Crippen molar-refractivity contribution in [2.45, 2.75) is 56.8 Å². The minimum atomic E-state index is 0.672. The van der Waals surface area contributed by atoms with Gasteiger partial charge in [-0.25, -0.2) is 0 Å². The van der Waals surface area contributed by atoms with Crippen LogP contribution in [0.5, 0.6) is 0 Å². The number of hydrogen-bond acceptors (Lipinski definition) is 0. The van der Waals surface area contributed by atoms with E-state index in [0.717, 1.165) is 12.8 Å². The topological polar surface area (TPSA) is 0 Å². The summed E-state index contributed by atoms with van der Waals surface area (Å²) in [5, 5.41) is 0. The number of rotatable bonds is 1. The van der Waals surface area contributed by atoms with Crippen molar-refractivity contribution >= 4 is 0 Å². The molecule has 2 aromatic rings. The molecular formula is C22H24. The Hall–Kier alpha value is -1.56. The lowest BCUT2D eigenvalue weighted by Gasteiger charge is -2.28. The Labute approximate surface area is 134 Å². The molecule has 0 nitrogen and oxygen atoms in total. The third-order valence-corrected chi connectivity index (χ3v) is 5.55. The molecule has 0 aromatic heterocycles. The monoisotopic (exact) mass is 288 g/mol. The van der Waals surface area contributed by atoms with Gasteiger partial charge in [0.2, 0.25) is 0 Å². The van der Waals surface area contributed by atoms with Crippen molar-refractivity contribution in [1.82, 2.24) is 0 Å². The first-order valence-electron chi connectivity index (χ1n) is 8.80. The summed E-state index contributed by atoms with van der Waals surface area (Å²) in [6.07, 6.45) is 12.4. The molecule has 0 spiro atoms. The maximum atomic E-state index is 3.61. The molecule has 0 heteroatoms. The molecular weight excluding hydrogens is 264 g/mol. The molecule has 2 atom stereocenters. The van der Waals surface area contributed by atoms with Gasteiger partial charge < -0.3 is 0 Å². The van der Waals surface area contributed by atoms with Crippen LogP contribution in [0.3, 0.4) is 0 Å². The van der Waals surface area contributed by atoms with E-state index in [1.54, 1.807) is 16.7 Å². The minimum Gasteiger partial charge on any atom is -0.0620 e. The van der Waals surface area contributed by atoms with Gasteiger partial charge in [0.15, 0.2) is 0 Å². The fourth-order valence-corrected chi connectivity index (χ4v) is 4.49. The minimum absolute atomic E-state index is 0.672. The fraction of sp³-hybridized carbons (Fsp3) is 0.409. The van der Waals surface area contributed by atoms with E-state index in [4.69, 9.17) is 0 Å². The lowest BCUT2D eigenvalue weighted by molar-refractivity contribution is 0.472. The second kappa shape index (κ2) is 6.28. The van der Waals surface area contributed by atoms with E-state index in [1.807, 2.05) is 0 Å². The highest BCUT2D eigenvalue weighted by atomic mass is 14.3. The van der Waals surface area contributed by atoms with E-state index >= 15 is 0 Å². The van der Waals surface area contributed by atoms with E-state index < -0.39 is 0 Å². The molecule has 0 fully saturated rings. The van der Waals surface area contributed by atoms with Gasteiger partial charge in [0.05, 0.1) is 0 Å². The Morgan fingerprint density at radius 3 is 2.27 bits per heavy atom. The van der Waals surface area contributed by atoms with Crippen molar-refractivity contribution in [1.29, 1.82) is 0 Å². The van der Waals surface area contributed by atoms with Crippen LogP contribution in [-0.2, 0) is 12.8 Å². The zero-order chi connectivity index (χ0) is 14.8. The normalized spacial score (nSPS) is 24.7. The van der Waals surface area contributed by atoms with Crippen LogP contribution in [0.4, 0.5) is 0 Å². The second-order valence-electron chi connectivity index (χ2n) is 6.82. The number of hydrogen-bond donors (Lipinski definition) is 0. The molecule has 4 rings (SSSR count). The first-order valence-corrected chi connectivity index (χ1v) is 8.80. The van der Waals surface area contributed by atoms with Gasteiger partial charge >= 0.3 is 0 Å². The molecule has 0 N–H and O–H groups in total. The predicted octanol–water partition coefficient (Wildman–Crippen LogP) is 5.70. The van der Waals surface area contributed by atoms with E-state index in [1.165, 1.54) is 37.7 Å². The molecule has 2 aliphatic carbocycles. The van der Waals surface area contributed by atoms with Crippen molar-refractivity contribution < 1.29 is 0 Å². The summed E-state index contributed by atoms with van der Waals surface area (Å²) >= 11 is 0. The summed E-state index contributed by atoms with van der Waals surface area (Å²) in [4.78, 5) is 0. The highest BCUT2D eigenvalue weighted by Gasteiger charge is 2.30. The molecule has 0 aliphatic heterocycles. The summed E-state index contributed by atoms with van der Waals surface area (Å²) in [6.45, 7) is 0. The highest BCUT2D eigenvalue weighted by molar-refractivity contribution is 5.39. The molecule has 2 aromatic carbocycles. The van der Waals surface area contributed by atoms with E-state index in [9.17, 15) is 0 Å². The maximum Gasteiger partial charge on any atom is -0.00900 e. The quantitative estimate of drug-likeness (QED) is 0.591. The van der Waals surface area contributed by atoms with Gasteiger partial charge in [0.25, 0.3) is 0 Å². The zero-order valence-electron chi connectivity index (χ0n) is 13.2. The number of benzene rings is 2. The zero-order valence-corrected chi connectivity index (χ0v) is 13.2. The van der Waals surface area contributed by atoms with Crippen LogP contribution in [0.1, 0.15) is 66.2 Å². The molecule has 0 bridgehead atoms. The van der Waals surface area contributed by atoms with Crippen LogP contribution in [0.25, 0.3) is 0 Å². The average molecular weight is 288 g/mol. The molecule has 2 unspecified atom stereocenters. The molecule has 22 heavy (non-hydrogen) atoms. The van der Waals surface area contributed by atoms with Gasteiger partial charge in [-0.3, -0.25) is 0 Å². The van der Waals surface area contributed by atoms with Crippen LogP contribution < -0.4 is 0 Å². The summed E-state index contributed by atoms with van der Waals surface area (Å²) in [5.41, 5.74) is 6.32. The molecule has 0 heterocycles. The number of aryl methyl sites for hydroxylation is 1. The first kappa shape index (κ1) is 14.1. The van der Waals surface area contributed by atoms with Crippen molar-refractivity contribution in [3.05, 3.63) is 77.2 Å². The SMILES string of the molecule is [C]1CCC(C2CCCCc3ccccc32)c2ccccc2C1. The molecule has 112 valence electrons. The summed E-state index contributed by atoms with van der Waals surface area (Å²) < 4.78 is 0. The van der Waals surface area contributed by atoms with Gasteiger partial charge in [-0.2, -0.15) is 0 Å². The van der Waals surface area contributed by atoms with E-state index in [0.29, 0.717) is 11.8 Å². The van der Waals surface area contributed by atoms with Gasteiger partial charge in [-0.1, -0.05) is 55.0 Å². The summed E-state index contributed by atoms with van der Waals surface area (Å²) in [5.74, 6) is 1.37. The molecule has 2 aliphatic rings. The lowest BCUT2D eigenvalue weighted by Crippen LogP contribution is -2.13. The smallest absolute Gasteiger partial charge is 0.00900 e. The van der Waals surface area contributed by atoms with Gasteiger partial charge in [-0.15, -0.1) is 0 Å². The standard InChI is InChI=1S/C22H24/c1-5-13-19-17(9-1)11-3-7-15-21(19)22-16-8-4-12-18-10-2-6-14-20(18)22/h1-2,5-6,9-10,13-14,21-22H,3,7-8,11-12,15-16H2. The van der Waals surface area contributed by atoms with E-state index in [2.05, 4.69) is 55.0 Å². The third-order valence-electron chi connectivity index (χ3n) is 5.55. The van der Waals surface area contributed by atoms with Crippen LogP contribution >= 0.6 is 0 Å². The fourth-order valence-electron chi connectivity index (χ4n) is 4.49. The first-order chi connectivity index (χ1) is 10.9. The number of fused-ring (bicyclic) bond motifs is 2. The molecule has 0 amide bonds. The van der Waals surface area contributed by atoms with Crippen molar-refractivity contribution in [3.8, 4) is 0 Å². The van der Waals surface area contributed by atoms with Gasteiger partial charge in [-0.05, 0) is 79.0 Å². The second-order valence-corrected chi connectivity index (χ2v) is 6.82. The van der Waals surface area contributed by atoms with Crippen LogP contribution in [0.15, 0.2) is 48.5 Å². The Bertz CT molecular complexity index is 582. The maximum absolute atomic E-state index is 3.61. The Morgan fingerprint density at radius 2 is 1.41 bits per heavy atom. The van der Waals surface area contributed by atoms with Crippen molar-refractivity contribution in [2.75, 3.05) is 0 Å². The molecule has 0 saturated carbocycles. The van der Waals surface area contributed by atoms with Crippen LogP contribution in [0.2, 0.25) is 0 Å². The average Bonchev–Trinajstić information content (AvgIpc) is 2.90. The van der Waals surface area contributed by atoms with Crippen molar-refractivity contribution in [2.24, 2.45) is 0 Å². The van der Waals surface area contributed by atoms with Crippen LogP contribution in [0, 0.1) is 6.42 Å². The third kappa shape index (κ3) is 2.60. The Morgan fingerprint density at radius 1 is 0.727 bits per heavy atom.